The molecule has 1 aromatic carbocycles. The van der Waals surface area contributed by atoms with Crippen LogP contribution in [0.25, 0.3) is 0 Å². The molecule has 0 heterocycles. The molecule has 1 aromatic rings. The maximum atomic E-state index is 9.13. The number of aliphatic hydroxyl groups is 3. The molecule has 4 nitrogen and oxygen atoms in total. The van der Waals surface area contributed by atoms with E-state index in [-0.39, 0.29) is 19.8 Å². The average molecular weight is 225 g/mol. The second kappa shape index (κ2) is 5.96. The quantitative estimate of drug-likeness (QED) is 0.541. The van der Waals surface area contributed by atoms with E-state index in [1.807, 2.05) is 31.2 Å². The van der Waals surface area contributed by atoms with E-state index in [1.165, 1.54) is 0 Å². The highest BCUT2D eigenvalue weighted by Gasteiger charge is 2.26. The number of rotatable bonds is 6. The van der Waals surface area contributed by atoms with Crippen LogP contribution in [-0.4, -0.2) is 40.7 Å². The van der Waals surface area contributed by atoms with Gasteiger partial charge in [-0.2, -0.15) is 0 Å². The monoisotopic (exact) mass is 225 g/mol. The fourth-order valence-corrected chi connectivity index (χ4v) is 1.43. The van der Waals surface area contributed by atoms with Crippen molar-refractivity contribution in [2.24, 2.45) is 0 Å². The molecule has 0 amide bonds. The normalized spacial score (nSPS) is 11.8. The molecule has 0 fully saturated rings. The van der Waals surface area contributed by atoms with E-state index >= 15 is 0 Å². The molecule has 0 spiro atoms. The van der Waals surface area contributed by atoms with Crippen LogP contribution >= 0.6 is 0 Å². The fraction of sp³-hybridized carbons (Fsp3) is 0.500. The van der Waals surface area contributed by atoms with Gasteiger partial charge in [0.15, 0.2) is 0 Å². The predicted molar refractivity (Wildman–Crippen MR) is 62.0 cm³/mol. The highest BCUT2D eigenvalue weighted by molar-refractivity contribution is 5.22. The van der Waals surface area contributed by atoms with Gasteiger partial charge in [-0.3, -0.25) is 0 Å². The van der Waals surface area contributed by atoms with Gasteiger partial charge in [0, 0.05) is 6.54 Å². The molecule has 0 radical (unpaired) electrons. The number of nitrogens with one attached hydrogen (secondary N) is 1. The number of aliphatic hydroxyl groups excluding tert-OH is 3. The van der Waals surface area contributed by atoms with Gasteiger partial charge in [-0.25, -0.2) is 0 Å². The predicted octanol–water partition coefficient (Wildman–Crippen LogP) is -0.200. The van der Waals surface area contributed by atoms with Crippen LogP contribution in [0.1, 0.15) is 11.1 Å². The molecule has 0 saturated heterocycles. The summed E-state index contributed by atoms with van der Waals surface area (Å²) in [5.41, 5.74) is 1.20. The Morgan fingerprint density at radius 3 is 2.25 bits per heavy atom. The second-order valence-corrected chi connectivity index (χ2v) is 4.10. The van der Waals surface area contributed by atoms with Crippen molar-refractivity contribution in [3.63, 3.8) is 0 Å². The molecule has 0 bridgehead atoms. The van der Waals surface area contributed by atoms with Crippen LogP contribution in [0.5, 0.6) is 0 Å². The smallest absolute Gasteiger partial charge is 0.0884 e. The van der Waals surface area contributed by atoms with Crippen molar-refractivity contribution >= 4 is 0 Å². The number of aryl methyl sites for hydroxylation is 1. The summed E-state index contributed by atoms with van der Waals surface area (Å²) in [5, 5.41) is 30.4. The van der Waals surface area contributed by atoms with E-state index in [1.54, 1.807) is 0 Å². The standard InChI is InChI=1S/C12H19NO3/c1-10-3-2-4-11(5-10)6-13-12(7-14,8-15)9-16/h2-5,13-16H,6-9H2,1H3. The minimum absolute atomic E-state index is 0.300. The van der Waals surface area contributed by atoms with Crippen molar-refractivity contribution in [3.05, 3.63) is 35.4 Å². The van der Waals surface area contributed by atoms with Gasteiger partial charge in [-0.1, -0.05) is 29.8 Å². The first-order chi connectivity index (χ1) is 7.65. The van der Waals surface area contributed by atoms with Gasteiger partial charge >= 0.3 is 0 Å². The Kier molecular flexibility index (Phi) is 4.89. The Morgan fingerprint density at radius 2 is 1.75 bits per heavy atom. The lowest BCUT2D eigenvalue weighted by molar-refractivity contribution is 0.0414. The Labute approximate surface area is 95.6 Å². The van der Waals surface area contributed by atoms with Crippen molar-refractivity contribution in [1.29, 1.82) is 0 Å². The average Bonchev–Trinajstić information content (AvgIpc) is 2.32. The van der Waals surface area contributed by atoms with E-state index in [9.17, 15) is 0 Å². The topological polar surface area (TPSA) is 72.7 Å². The zero-order chi connectivity index (χ0) is 12.0. The van der Waals surface area contributed by atoms with Crippen LogP contribution < -0.4 is 5.32 Å². The summed E-state index contributed by atoms with van der Waals surface area (Å²) in [4.78, 5) is 0. The zero-order valence-corrected chi connectivity index (χ0v) is 9.48. The van der Waals surface area contributed by atoms with Gasteiger partial charge in [-0.15, -0.1) is 0 Å². The van der Waals surface area contributed by atoms with Crippen molar-refractivity contribution in [3.8, 4) is 0 Å². The van der Waals surface area contributed by atoms with Crippen LogP contribution in [0.2, 0.25) is 0 Å². The van der Waals surface area contributed by atoms with Gasteiger partial charge in [0.1, 0.15) is 0 Å². The van der Waals surface area contributed by atoms with Gasteiger partial charge in [0.05, 0.1) is 25.4 Å². The molecular weight excluding hydrogens is 206 g/mol. The molecule has 90 valence electrons. The van der Waals surface area contributed by atoms with Crippen molar-refractivity contribution < 1.29 is 15.3 Å². The second-order valence-electron chi connectivity index (χ2n) is 4.10. The molecular formula is C12H19NO3. The summed E-state index contributed by atoms with van der Waals surface area (Å²) in [5.74, 6) is 0. The molecule has 0 aliphatic carbocycles. The number of hydrogen-bond donors (Lipinski definition) is 4. The minimum atomic E-state index is -1.01. The van der Waals surface area contributed by atoms with Gasteiger partial charge in [0.25, 0.3) is 0 Å². The lowest BCUT2D eigenvalue weighted by Gasteiger charge is -2.28. The summed E-state index contributed by atoms with van der Waals surface area (Å²) in [6, 6.07) is 7.92. The highest BCUT2D eigenvalue weighted by Crippen LogP contribution is 2.07. The lowest BCUT2D eigenvalue weighted by atomic mass is 10.0. The third-order valence-corrected chi connectivity index (χ3v) is 2.66. The van der Waals surface area contributed by atoms with Crippen LogP contribution in [0.4, 0.5) is 0 Å². The summed E-state index contributed by atoms with van der Waals surface area (Å²) in [7, 11) is 0. The highest BCUT2D eigenvalue weighted by atomic mass is 16.3. The fourth-order valence-electron chi connectivity index (χ4n) is 1.43. The Bertz CT molecular complexity index is 316. The minimum Gasteiger partial charge on any atom is -0.394 e. The summed E-state index contributed by atoms with van der Waals surface area (Å²) in [6.07, 6.45) is 0. The lowest BCUT2D eigenvalue weighted by Crippen LogP contribution is -2.54. The van der Waals surface area contributed by atoms with Gasteiger partial charge < -0.3 is 20.6 Å². The Morgan fingerprint density at radius 1 is 1.12 bits per heavy atom. The van der Waals surface area contributed by atoms with E-state index in [0.717, 1.165) is 11.1 Å². The van der Waals surface area contributed by atoms with Crippen molar-refractivity contribution in [1.82, 2.24) is 5.32 Å². The molecule has 4 heteroatoms. The Balaban J connectivity index is 2.62. The van der Waals surface area contributed by atoms with E-state index in [0.29, 0.717) is 6.54 Å². The van der Waals surface area contributed by atoms with Crippen LogP contribution in [0.15, 0.2) is 24.3 Å². The van der Waals surface area contributed by atoms with Gasteiger partial charge in [-0.05, 0) is 12.5 Å². The van der Waals surface area contributed by atoms with Crippen LogP contribution in [0, 0.1) is 6.92 Å². The molecule has 16 heavy (non-hydrogen) atoms. The van der Waals surface area contributed by atoms with Crippen molar-refractivity contribution in [2.45, 2.75) is 19.0 Å². The first kappa shape index (κ1) is 13.1. The molecule has 0 unspecified atom stereocenters. The third kappa shape index (κ3) is 3.28. The third-order valence-electron chi connectivity index (χ3n) is 2.66. The van der Waals surface area contributed by atoms with E-state index in [4.69, 9.17) is 15.3 Å². The molecule has 0 aromatic heterocycles. The number of hydrogen-bond acceptors (Lipinski definition) is 4. The van der Waals surface area contributed by atoms with E-state index < -0.39 is 5.54 Å². The van der Waals surface area contributed by atoms with E-state index in [2.05, 4.69) is 5.32 Å². The molecule has 0 aliphatic rings. The maximum absolute atomic E-state index is 9.13. The molecule has 0 saturated carbocycles. The first-order valence-electron chi connectivity index (χ1n) is 5.29. The zero-order valence-electron chi connectivity index (χ0n) is 9.48. The number of benzene rings is 1. The maximum Gasteiger partial charge on any atom is 0.0884 e. The van der Waals surface area contributed by atoms with Gasteiger partial charge in [0.2, 0.25) is 0 Å². The SMILES string of the molecule is Cc1cccc(CNC(CO)(CO)CO)c1. The van der Waals surface area contributed by atoms with Crippen LogP contribution in [-0.2, 0) is 6.54 Å². The first-order valence-corrected chi connectivity index (χ1v) is 5.29. The summed E-state index contributed by atoms with van der Waals surface area (Å²) < 4.78 is 0. The molecule has 4 N–H and O–H groups in total. The summed E-state index contributed by atoms with van der Waals surface area (Å²) in [6.45, 7) is 1.60. The summed E-state index contributed by atoms with van der Waals surface area (Å²) >= 11 is 0. The molecule has 0 atom stereocenters. The Hall–Kier alpha value is -0.940. The largest absolute Gasteiger partial charge is 0.394 e. The van der Waals surface area contributed by atoms with Crippen molar-refractivity contribution in [2.75, 3.05) is 19.8 Å². The van der Waals surface area contributed by atoms with Crippen LogP contribution in [0.3, 0.4) is 0 Å². The molecule has 1 rings (SSSR count). The molecule has 0 aliphatic heterocycles.